The Balaban J connectivity index is 1.94. The Morgan fingerprint density at radius 3 is 2.65 bits per heavy atom. The number of carbonyl (C=O) groups excluding carboxylic acids is 2. The maximum Gasteiger partial charge on any atom is 0.303 e. The zero-order chi connectivity index (χ0) is 18.7. The van der Waals surface area contributed by atoms with Crippen LogP contribution in [0.4, 0.5) is 11.4 Å². The number of rotatable bonds is 3. The molecule has 1 aliphatic rings. The van der Waals surface area contributed by atoms with Crippen LogP contribution in [0.3, 0.4) is 0 Å². The van der Waals surface area contributed by atoms with Crippen molar-refractivity contribution in [2.45, 2.75) is 25.9 Å². The highest BCUT2D eigenvalue weighted by Crippen LogP contribution is 2.34. The third-order valence-electron chi connectivity index (χ3n) is 4.14. The molecule has 0 N–H and O–H groups in total. The Morgan fingerprint density at radius 2 is 2.00 bits per heavy atom. The highest BCUT2D eigenvalue weighted by atomic mass is 16.6. The number of non-ortho nitro benzene ring substituents is 1. The highest BCUT2D eigenvalue weighted by Gasteiger charge is 2.29. The summed E-state index contributed by atoms with van der Waals surface area (Å²) < 4.78 is 5.36. The lowest BCUT2D eigenvalue weighted by molar-refractivity contribution is -0.384. The zero-order valence-electron chi connectivity index (χ0n) is 14.1. The molecule has 0 bridgehead atoms. The molecular formula is C18H17N3O5. The molecule has 0 saturated carbocycles. The maximum absolute atomic E-state index is 12.9. The number of carbonyl (C=O) groups is 2. The number of amides is 1. The van der Waals surface area contributed by atoms with Gasteiger partial charge in [-0.2, -0.15) is 0 Å². The fourth-order valence-electron chi connectivity index (χ4n) is 2.98. The number of aromatic nitrogens is 1. The minimum atomic E-state index is -0.511. The highest BCUT2D eigenvalue weighted by molar-refractivity contribution is 6.06. The first-order chi connectivity index (χ1) is 12.5. The van der Waals surface area contributed by atoms with E-state index in [0.717, 1.165) is 0 Å². The van der Waals surface area contributed by atoms with Gasteiger partial charge < -0.3 is 9.64 Å². The summed E-state index contributed by atoms with van der Waals surface area (Å²) in [5.41, 5.74) is 1.39. The van der Waals surface area contributed by atoms with Gasteiger partial charge in [0.1, 0.15) is 11.8 Å². The van der Waals surface area contributed by atoms with Gasteiger partial charge in [-0.05, 0) is 37.1 Å². The number of benzene rings is 1. The van der Waals surface area contributed by atoms with Crippen LogP contribution in [0.2, 0.25) is 0 Å². The molecule has 3 rings (SSSR count). The average molecular weight is 355 g/mol. The largest absolute Gasteiger partial charge is 0.456 e. The summed E-state index contributed by atoms with van der Waals surface area (Å²) in [6, 6.07) is 8.95. The van der Waals surface area contributed by atoms with Crippen molar-refractivity contribution < 1.29 is 19.2 Å². The van der Waals surface area contributed by atoms with Crippen molar-refractivity contribution >= 4 is 23.3 Å². The van der Waals surface area contributed by atoms with Gasteiger partial charge in [0, 0.05) is 37.4 Å². The normalized spacial score (nSPS) is 16.3. The molecule has 1 amide bonds. The lowest BCUT2D eigenvalue weighted by Gasteiger charge is -2.23. The predicted molar refractivity (Wildman–Crippen MR) is 92.8 cm³/mol. The van der Waals surface area contributed by atoms with Gasteiger partial charge in [-0.15, -0.1) is 0 Å². The third kappa shape index (κ3) is 3.53. The first kappa shape index (κ1) is 17.5. The number of fused-ring (bicyclic) bond motifs is 1. The first-order valence-corrected chi connectivity index (χ1v) is 8.16. The van der Waals surface area contributed by atoms with E-state index in [2.05, 4.69) is 4.98 Å². The molecule has 1 aliphatic heterocycles. The minimum absolute atomic E-state index is 0.0746. The number of nitro benzene ring substituents is 1. The quantitative estimate of drug-likeness (QED) is 0.476. The van der Waals surface area contributed by atoms with Crippen LogP contribution >= 0.6 is 0 Å². The topological polar surface area (TPSA) is 103 Å². The molecule has 1 unspecified atom stereocenters. The standard InChI is InChI=1S/C18H17N3O5/c1-12(22)26-16-5-3-11-20(15-4-2-10-19-17(15)16)18(23)13-6-8-14(9-7-13)21(24)25/h2,4,6-10,16H,3,5,11H2,1H3. The van der Waals surface area contributed by atoms with Gasteiger partial charge in [-0.25, -0.2) is 0 Å². The van der Waals surface area contributed by atoms with Gasteiger partial charge in [0.15, 0.2) is 0 Å². The summed E-state index contributed by atoms with van der Waals surface area (Å²) in [7, 11) is 0. The number of ether oxygens (including phenoxy) is 1. The number of nitro groups is 1. The van der Waals surface area contributed by atoms with E-state index < -0.39 is 17.0 Å². The summed E-state index contributed by atoms with van der Waals surface area (Å²) in [4.78, 5) is 40.5. The molecule has 26 heavy (non-hydrogen) atoms. The second-order valence-electron chi connectivity index (χ2n) is 5.91. The van der Waals surface area contributed by atoms with E-state index >= 15 is 0 Å². The molecule has 1 atom stereocenters. The Morgan fingerprint density at radius 1 is 1.27 bits per heavy atom. The molecule has 0 radical (unpaired) electrons. The van der Waals surface area contributed by atoms with Gasteiger partial charge in [0.2, 0.25) is 0 Å². The Kier molecular flexibility index (Phi) is 4.92. The Labute approximate surface area is 149 Å². The van der Waals surface area contributed by atoms with Gasteiger partial charge >= 0.3 is 5.97 Å². The van der Waals surface area contributed by atoms with Gasteiger partial charge in [-0.1, -0.05) is 0 Å². The molecule has 0 saturated heterocycles. The predicted octanol–water partition coefficient (Wildman–Crippen LogP) is 3.03. The number of nitrogens with zero attached hydrogens (tertiary/aromatic N) is 3. The number of pyridine rings is 1. The Hall–Kier alpha value is -3.29. The number of anilines is 1. The van der Waals surface area contributed by atoms with E-state index in [1.807, 2.05) is 0 Å². The molecular weight excluding hydrogens is 338 g/mol. The van der Waals surface area contributed by atoms with Crippen molar-refractivity contribution in [3.63, 3.8) is 0 Å². The lowest BCUT2D eigenvalue weighted by Crippen LogP contribution is -2.32. The SMILES string of the molecule is CC(=O)OC1CCCN(C(=O)c2ccc([N+](=O)[O-])cc2)c2cccnc21. The van der Waals surface area contributed by atoms with E-state index in [-0.39, 0.29) is 11.6 Å². The van der Waals surface area contributed by atoms with E-state index in [4.69, 9.17) is 4.74 Å². The molecule has 2 aromatic rings. The zero-order valence-corrected chi connectivity index (χ0v) is 14.1. The number of esters is 1. The second kappa shape index (κ2) is 7.30. The molecule has 0 fully saturated rings. The van der Waals surface area contributed by atoms with Crippen LogP contribution in [0.1, 0.15) is 41.9 Å². The number of hydrogen-bond acceptors (Lipinski definition) is 6. The smallest absolute Gasteiger partial charge is 0.303 e. The van der Waals surface area contributed by atoms with E-state index in [0.29, 0.717) is 36.3 Å². The third-order valence-corrected chi connectivity index (χ3v) is 4.14. The van der Waals surface area contributed by atoms with E-state index in [9.17, 15) is 19.7 Å². The van der Waals surface area contributed by atoms with Crippen molar-refractivity contribution in [2.24, 2.45) is 0 Å². The van der Waals surface area contributed by atoms with Crippen molar-refractivity contribution in [3.05, 3.63) is 64.0 Å². The maximum atomic E-state index is 12.9. The molecule has 2 heterocycles. The lowest BCUT2D eigenvalue weighted by atomic mass is 10.1. The molecule has 134 valence electrons. The molecule has 0 aliphatic carbocycles. The molecule has 1 aromatic carbocycles. The summed E-state index contributed by atoms with van der Waals surface area (Å²) in [6.45, 7) is 1.78. The summed E-state index contributed by atoms with van der Waals surface area (Å²) in [6.07, 6.45) is 2.29. The fourth-order valence-corrected chi connectivity index (χ4v) is 2.98. The van der Waals surface area contributed by atoms with Crippen LogP contribution in [-0.2, 0) is 9.53 Å². The summed E-state index contributed by atoms with van der Waals surface area (Å²) in [5, 5.41) is 10.8. The van der Waals surface area contributed by atoms with Crippen LogP contribution < -0.4 is 4.90 Å². The second-order valence-corrected chi connectivity index (χ2v) is 5.91. The van der Waals surface area contributed by atoms with Crippen LogP contribution in [0.25, 0.3) is 0 Å². The van der Waals surface area contributed by atoms with E-state index in [1.54, 1.807) is 23.2 Å². The van der Waals surface area contributed by atoms with Crippen LogP contribution in [0.5, 0.6) is 0 Å². The monoisotopic (exact) mass is 355 g/mol. The van der Waals surface area contributed by atoms with Crippen molar-refractivity contribution in [3.8, 4) is 0 Å². The van der Waals surface area contributed by atoms with E-state index in [1.165, 1.54) is 31.2 Å². The van der Waals surface area contributed by atoms with Crippen molar-refractivity contribution in [1.29, 1.82) is 0 Å². The van der Waals surface area contributed by atoms with Crippen molar-refractivity contribution in [2.75, 3.05) is 11.4 Å². The Bertz CT molecular complexity index is 850. The fraction of sp³-hybridized carbons (Fsp3) is 0.278. The first-order valence-electron chi connectivity index (χ1n) is 8.16. The van der Waals surface area contributed by atoms with Crippen LogP contribution in [-0.4, -0.2) is 28.3 Å². The van der Waals surface area contributed by atoms with Crippen molar-refractivity contribution in [1.82, 2.24) is 4.98 Å². The summed E-state index contributed by atoms with van der Waals surface area (Å²) in [5.74, 6) is -0.681. The summed E-state index contributed by atoms with van der Waals surface area (Å²) >= 11 is 0. The van der Waals surface area contributed by atoms with Gasteiger partial charge in [-0.3, -0.25) is 24.7 Å². The average Bonchev–Trinajstić information content (AvgIpc) is 2.81. The van der Waals surface area contributed by atoms with Crippen LogP contribution in [0, 0.1) is 10.1 Å². The minimum Gasteiger partial charge on any atom is -0.456 e. The molecule has 8 nitrogen and oxygen atoms in total. The van der Waals surface area contributed by atoms with Crippen LogP contribution in [0.15, 0.2) is 42.6 Å². The molecule has 0 spiro atoms. The van der Waals surface area contributed by atoms with Gasteiger partial charge in [0.25, 0.3) is 11.6 Å². The molecule has 8 heteroatoms. The number of hydrogen-bond donors (Lipinski definition) is 0. The van der Waals surface area contributed by atoms with Gasteiger partial charge in [0.05, 0.1) is 10.6 Å². The molecule has 1 aromatic heterocycles.